The van der Waals surface area contributed by atoms with Gasteiger partial charge in [-0.3, -0.25) is 9.59 Å². The third-order valence-electron chi connectivity index (χ3n) is 2.75. The van der Waals surface area contributed by atoms with Crippen LogP contribution in [0.5, 0.6) is 0 Å². The minimum atomic E-state index is -0.316. The summed E-state index contributed by atoms with van der Waals surface area (Å²) in [6, 6.07) is 8.09. The molecule has 0 spiro atoms. The molecule has 1 atom stereocenters. The lowest BCUT2D eigenvalue weighted by atomic mass is 10.1. The molecular weight excluding hydrogens is 244 g/mol. The average molecular weight is 258 g/mol. The Labute approximate surface area is 110 Å². The lowest BCUT2D eigenvalue weighted by Crippen LogP contribution is -2.27. The zero-order chi connectivity index (χ0) is 13.8. The lowest BCUT2D eigenvalue weighted by molar-refractivity contribution is 0.0929. The van der Waals surface area contributed by atoms with Gasteiger partial charge in [0.1, 0.15) is 0 Å². The van der Waals surface area contributed by atoms with Gasteiger partial charge in [-0.15, -0.1) is 0 Å². The maximum Gasteiger partial charge on any atom is 0.252 e. The monoisotopic (exact) mass is 258 g/mol. The molecule has 1 unspecified atom stereocenters. The molecular formula is C14H14N2O3. The maximum absolute atomic E-state index is 12.1. The van der Waals surface area contributed by atoms with E-state index in [-0.39, 0.29) is 11.9 Å². The van der Waals surface area contributed by atoms with Gasteiger partial charge >= 0.3 is 0 Å². The first-order chi connectivity index (χ1) is 9.11. The number of hydrogen-bond donors (Lipinski definition) is 1. The largest absolute Gasteiger partial charge is 0.359 e. The van der Waals surface area contributed by atoms with Crippen molar-refractivity contribution in [1.82, 2.24) is 10.5 Å². The number of benzene rings is 1. The molecule has 19 heavy (non-hydrogen) atoms. The Hall–Kier alpha value is -2.43. The Morgan fingerprint density at radius 1 is 1.42 bits per heavy atom. The van der Waals surface area contributed by atoms with Crippen LogP contribution in [0.15, 0.2) is 34.9 Å². The highest BCUT2D eigenvalue weighted by atomic mass is 16.5. The van der Waals surface area contributed by atoms with E-state index in [0.29, 0.717) is 23.2 Å². The van der Waals surface area contributed by atoms with Crippen molar-refractivity contribution < 1.29 is 14.1 Å². The summed E-state index contributed by atoms with van der Waals surface area (Å²) < 4.78 is 5.09. The fourth-order valence-electron chi connectivity index (χ4n) is 1.74. The Morgan fingerprint density at radius 2 is 2.16 bits per heavy atom. The van der Waals surface area contributed by atoms with E-state index in [2.05, 4.69) is 10.5 Å². The number of nitrogens with zero attached hydrogens (tertiary/aromatic N) is 1. The minimum Gasteiger partial charge on any atom is -0.359 e. The van der Waals surface area contributed by atoms with Crippen molar-refractivity contribution in [3.8, 4) is 0 Å². The second-order valence-corrected chi connectivity index (χ2v) is 4.27. The quantitative estimate of drug-likeness (QED) is 0.854. The number of aryl methyl sites for hydroxylation is 1. The van der Waals surface area contributed by atoms with Gasteiger partial charge in [-0.2, -0.15) is 0 Å². The first kappa shape index (κ1) is 13.0. The zero-order valence-corrected chi connectivity index (χ0v) is 10.7. The summed E-state index contributed by atoms with van der Waals surface area (Å²) in [5.41, 5.74) is 1.46. The molecule has 0 fully saturated rings. The van der Waals surface area contributed by atoms with E-state index in [0.717, 1.165) is 5.69 Å². The standard InChI is InChI=1S/C14H14N2O3/c1-9-7-13(19-16-9)10(2)15-14(18)12-6-4-3-5-11(12)8-17/h3-8,10H,1-2H3,(H,15,18). The summed E-state index contributed by atoms with van der Waals surface area (Å²) >= 11 is 0. The summed E-state index contributed by atoms with van der Waals surface area (Å²) in [6.45, 7) is 3.60. The SMILES string of the molecule is Cc1cc(C(C)NC(=O)c2ccccc2C=O)on1. The summed E-state index contributed by atoms with van der Waals surface area (Å²) in [6.07, 6.45) is 0.665. The average Bonchev–Trinajstić information content (AvgIpc) is 2.85. The molecule has 1 aromatic heterocycles. The number of carbonyl (C=O) groups is 2. The lowest BCUT2D eigenvalue weighted by Gasteiger charge is -2.11. The van der Waals surface area contributed by atoms with Crippen LogP contribution in [0.1, 0.15) is 45.1 Å². The van der Waals surface area contributed by atoms with E-state index in [1.54, 1.807) is 37.3 Å². The molecule has 1 amide bonds. The molecule has 0 aliphatic heterocycles. The van der Waals surface area contributed by atoms with Crippen LogP contribution in [0.2, 0.25) is 0 Å². The summed E-state index contributed by atoms with van der Waals surface area (Å²) in [7, 11) is 0. The minimum absolute atomic E-state index is 0.312. The molecule has 2 aromatic rings. The van der Waals surface area contributed by atoms with Gasteiger partial charge in [-0.25, -0.2) is 0 Å². The molecule has 2 rings (SSSR count). The highest BCUT2D eigenvalue weighted by molar-refractivity contribution is 6.01. The van der Waals surface area contributed by atoms with Gasteiger partial charge in [-0.1, -0.05) is 23.4 Å². The third kappa shape index (κ3) is 2.88. The van der Waals surface area contributed by atoms with Gasteiger partial charge in [-0.05, 0) is 19.9 Å². The summed E-state index contributed by atoms with van der Waals surface area (Å²) in [5.74, 6) is 0.263. The van der Waals surface area contributed by atoms with E-state index >= 15 is 0 Å². The molecule has 0 aliphatic rings. The van der Waals surface area contributed by atoms with E-state index < -0.39 is 0 Å². The van der Waals surface area contributed by atoms with Crippen molar-refractivity contribution in [1.29, 1.82) is 0 Å². The fourth-order valence-corrected chi connectivity index (χ4v) is 1.74. The van der Waals surface area contributed by atoms with Crippen LogP contribution >= 0.6 is 0 Å². The molecule has 0 saturated heterocycles. The summed E-state index contributed by atoms with van der Waals surface area (Å²) in [5, 5.41) is 6.54. The molecule has 1 N–H and O–H groups in total. The second-order valence-electron chi connectivity index (χ2n) is 4.27. The molecule has 0 aliphatic carbocycles. The van der Waals surface area contributed by atoms with E-state index in [4.69, 9.17) is 4.52 Å². The molecule has 1 aromatic carbocycles. The molecule has 0 bridgehead atoms. The Morgan fingerprint density at radius 3 is 2.79 bits per heavy atom. The number of rotatable bonds is 4. The Balaban J connectivity index is 2.15. The normalized spacial score (nSPS) is 11.9. The molecule has 0 radical (unpaired) electrons. The van der Waals surface area contributed by atoms with Gasteiger partial charge in [0.15, 0.2) is 12.0 Å². The van der Waals surface area contributed by atoms with Crippen molar-refractivity contribution >= 4 is 12.2 Å². The van der Waals surface area contributed by atoms with Crippen LogP contribution in [0.4, 0.5) is 0 Å². The van der Waals surface area contributed by atoms with Crippen molar-refractivity contribution in [2.45, 2.75) is 19.9 Å². The highest BCUT2D eigenvalue weighted by Gasteiger charge is 2.16. The van der Waals surface area contributed by atoms with Gasteiger partial charge in [0.05, 0.1) is 11.7 Å². The van der Waals surface area contributed by atoms with Crippen LogP contribution in [-0.4, -0.2) is 17.4 Å². The maximum atomic E-state index is 12.1. The zero-order valence-electron chi connectivity index (χ0n) is 10.7. The van der Waals surface area contributed by atoms with Crippen LogP contribution in [-0.2, 0) is 0 Å². The van der Waals surface area contributed by atoms with Crippen molar-refractivity contribution in [3.05, 3.63) is 52.9 Å². The number of hydrogen-bond acceptors (Lipinski definition) is 4. The van der Waals surface area contributed by atoms with Crippen LogP contribution in [0.25, 0.3) is 0 Å². The van der Waals surface area contributed by atoms with E-state index in [1.807, 2.05) is 6.92 Å². The first-order valence-electron chi connectivity index (χ1n) is 5.90. The van der Waals surface area contributed by atoms with Gasteiger partial charge in [0.25, 0.3) is 5.91 Å². The Bertz CT molecular complexity index is 604. The second kappa shape index (κ2) is 5.48. The molecule has 5 nitrogen and oxygen atoms in total. The fraction of sp³-hybridized carbons (Fsp3) is 0.214. The van der Waals surface area contributed by atoms with Crippen LogP contribution < -0.4 is 5.32 Å². The first-order valence-corrected chi connectivity index (χ1v) is 5.90. The third-order valence-corrected chi connectivity index (χ3v) is 2.75. The van der Waals surface area contributed by atoms with Crippen LogP contribution in [0, 0.1) is 6.92 Å². The number of aldehydes is 1. The molecule has 98 valence electrons. The van der Waals surface area contributed by atoms with Crippen molar-refractivity contribution in [2.75, 3.05) is 0 Å². The van der Waals surface area contributed by atoms with Gasteiger partial charge < -0.3 is 9.84 Å². The molecule has 0 saturated carbocycles. The predicted octanol–water partition coefficient (Wildman–Crippen LogP) is 2.29. The smallest absolute Gasteiger partial charge is 0.252 e. The number of carbonyl (C=O) groups excluding carboxylic acids is 2. The summed E-state index contributed by atoms with van der Waals surface area (Å²) in [4.78, 5) is 23.0. The number of amides is 1. The van der Waals surface area contributed by atoms with E-state index in [9.17, 15) is 9.59 Å². The van der Waals surface area contributed by atoms with Gasteiger partial charge in [0.2, 0.25) is 0 Å². The topological polar surface area (TPSA) is 72.2 Å². The van der Waals surface area contributed by atoms with E-state index in [1.165, 1.54) is 0 Å². The van der Waals surface area contributed by atoms with Crippen molar-refractivity contribution in [3.63, 3.8) is 0 Å². The van der Waals surface area contributed by atoms with Crippen LogP contribution in [0.3, 0.4) is 0 Å². The highest BCUT2D eigenvalue weighted by Crippen LogP contribution is 2.15. The van der Waals surface area contributed by atoms with Gasteiger partial charge in [0, 0.05) is 17.2 Å². The molecule has 1 heterocycles. The number of aromatic nitrogens is 1. The molecule has 5 heteroatoms. The number of nitrogens with one attached hydrogen (secondary N) is 1. The van der Waals surface area contributed by atoms with Crippen molar-refractivity contribution in [2.24, 2.45) is 0 Å². The predicted molar refractivity (Wildman–Crippen MR) is 69.0 cm³/mol. The Kier molecular flexibility index (Phi) is 3.75.